The molecule has 0 aliphatic carbocycles. The van der Waals surface area contributed by atoms with Crippen molar-refractivity contribution in [3.05, 3.63) is 29.7 Å². The summed E-state index contributed by atoms with van der Waals surface area (Å²) in [6, 6.07) is 5.38. The van der Waals surface area contributed by atoms with Crippen molar-refractivity contribution in [3.63, 3.8) is 0 Å². The van der Waals surface area contributed by atoms with Crippen LogP contribution in [0.4, 0.5) is 0 Å². The quantitative estimate of drug-likeness (QED) is 0.752. The number of carbonyl (C=O) groups excluding carboxylic acids is 1. The van der Waals surface area contributed by atoms with Crippen LogP contribution >= 0.6 is 0 Å². The van der Waals surface area contributed by atoms with Crippen molar-refractivity contribution < 1.29 is 9.53 Å². The second-order valence-corrected chi connectivity index (χ2v) is 4.90. The Bertz CT molecular complexity index is 622. The van der Waals surface area contributed by atoms with Crippen LogP contribution in [0.1, 0.15) is 28.7 Å². The van der Waals surface area contributed by atoms with E-state index >= 15 is 0 Å². The highest BCUT2D eigenvalue weighted by Gasteiger charge is 2.27. The van der Waals surface area contributed by atoms with E-state index in [-0.39, 0.29) is 5.97 Å². The summed E-state index contributed by atoms with van der Waals surface area (Å²) in [4.78, 5) is 14.1. The van der Waals surface area contributed by atoms with E-state index in [1.807, 2.05) is 10.5 Å². The minimum Gasteiger partial charge on any atom is -0.464 e. The third-order valence-corrected chi connectivity index (χ3v) is 3.60. The number of hydrogen-bond donors (Lipinski definition) is 0. The fourth-order valence-corrected chi connectivity index (χ4v) is 2.64. The van der Waals surface area contributed by atoms with Crippen LogP contribution in [-0.4, -0.2) is 52.7 Å². The number of aromatic nitrogens is 3. The molecule has 0 amide bonds. The molecule has 2 aromatic heterocycles. The van der Waals surface area contributed by atoms with Gasteiger partial charge in [0.15, 0.2) is 5.65 Å². The first-order chi connectivity index (χ1) is 9.20. The van der Waals surface area contributed by atoms with Crippen LogP contribution in [0, 0.1) is 0 Å². The van der Waals surface area contributed by atoms with Crippen molar-refractivity contribution in [2.24, 2.45) is 0 Å². The molecule has 6 nitrogen and oxygen atoms in total. The van der Waals surface area contributed by atoms with Gasteiger partial charge in [0.05, 0.1) is 7.11 Å². The number of likely N-dealkylation sites (N-methyl/N-ethyl adjacent to an activating group) is 1. The molecule has 1 aliphatic heterocycles. The van der Waals surface area contributed by atoms with Crippen molar-refractivity contribution >= 4 is 11.6 Å². The van der Waals surface area contributed by atoms with Gasteiger partial charge in [-0.05, 0) is 32.1 Å². The van der Waals surface area contributed by atoms with Crippen molar-refractivity contribution in [3.8, 4) is 0 Å². The summed E-state index contributed by atoms with van der Waals surface area (Å²) in [6.45, 7) is 1.98. The van der Waals surface area contributed by atoms with E-state index in [9.17, 15) is 4.79 Å². The first-order valence-electron chi connectivity index (χ1n) is 6.31. The van der Waals surface area contributed by atoms with Gasteiger partial charge in [0, 0.05) is 12.5 Å². The summed E-state index contributed by atoms with van der Waals surface area (Å²) >= 11 is 0. The average Bonchev–Trinajstić information content (AvgIpc) is 3.03. The Labute approximate surface area is 111 Å². The molecule has 3 rings (SSSR count). The molecule has 6 heteroatoms. The van der Waals surface area contributed by atoms with Crippen LogP contribution in [-0.2, 0) is 4.74 Å². The number of fused-ring (bicyclic) bond motifs is 1. The Morgan fingerprint density at radius 2 is 2.26 bits per heavy atom. The van der Waals surface area contributed by atoms with E-state index in [1.165, 1.54) is 7.11 Å². The van der Waals surface area contributed by atoms with E-state index in [1.54, 1.807) is 12.1 Å². The number of methoxy groups -OCH3 is 1. The Hall–Kier alpha value is -1.95. The summed E-state index contributed by atoms with van der Waals surface area (Å²) in [5, 5.41) is 8.42. The summed E-state index contributed by atoms with van der Waals surface area (Å²) < 4.78 is 6.64. The Kier molecular flexibility index (Phi) is 2.94. The smallest absolute Gasteiger partial charge is 0.355 e. The molecule has 0 spiro atoms. The van der Waals surface area contributed by atoms with E-state index in [2.05, 4.69) is 22.1 Å². The maximum absolute atomic E-state index is 11.8. The molecular formula is C13H16N4O2. The van der Waals surface area contributed by atoms with Gasteiger partial charge in [0.2, 0.25) is 0 Å². The third-order valence-electron chi connectivity index (χ3n) is 3.60. The van der Waals surface area contributed by atoms with Gasteiger partial charge in [-0.1, -0.05) is 6.07 Å². The molecule has 1 atom stereocenters. The van der Waals surface area contributed by atoms with Gasteiger partial charge in [0.1, 0.15) is 11.5 Å². The number of hydrogen-bond acceptors (Lipinski definition) is 5. The molecule has 1 unspecified atom stereocenters. The second kappa shape index (κ2) is 4.62. The van der Waals surface area contributed by atoms with Crippen molar-refractivity contribution in [2.75, 3.05) is 27.2 Å². The van der Waals surface area contributed by atoms with E-state index < -0.39 is 0 Å². The van der Waals surface area contributed by atoms with Crippen LogP contribution < -0.4 is 0 Å². The minimum atomic E-state index is -0.363. The monoisotopic (exact) mass is 260 g/mol. The number of carbonyl (C=O) groups is 1. The first-order valence-corrected chi connectivity index (χ1v) is 6.31. The van der Waals surface area contributed by atoms with Crippen molar-refractivity contribution in [1.29, 1.82) is 0 Å². The Morgan fingerprint density at radius 1 is 1.42 bits per heavy atom. The number of nitrogens with zero attached hydrogens (tertiary/aromatic N) is 4. The predicted molar refractivity (Wildman–Crippen MR) is 69.2 cm³/mol. The zero-order chi connectivity index (χ0) is 13.4. The normalized spacial score (nSPS) is 20.0. The van der Waals surface area contributed by atoms with Gasteiger partial charge in [-0.2, -0.15) is 0 Å². The summed E-state index contributed by atoms with van der Waals surface area (Å²) in [6.07, 6.45) is 1.03. The Morgan fingerprint density at radius 3 is 2.95 bits per heavy atom. The van der Waals surface area contributed by atoms with Crippen molar-refractivity contribution in [2.45, 2.75) is 12.3 Å². The van der Waals surface area contributed by atoms with Crippen LogP contribution in [0.3, 0.4) is 0 Å². The molecule has 0 N–H and O–H groups in total. The zero-order valence-corrected chi connectivity index (χ0v) is 11.0. The Balaban J connectivity index is 2.12. The van der Waals surface area contributed by atoms with Gasteiger partial charge in [-0.15, -0.1) is 10.2 Å². The average molecular weight is 260 g/mol. The summed E-state index contributed by atoms with van der Waals surface area (Å²) in [5.41, 5.74) is 1.17. The molecule has 19 heavy (non-hydrogen) atoms. The third kappa shape index (κ3) is 1.98. The number of esters is 1. The van der Waals surface area contributed by atoms with Gasteiger partial charge in [-0.25, -0.2) is 4.79 Å². The first kappa shape index (κ1) is 12.1. The summed E-state index contributed by atoms with van der Waals surface area (Å²) in [7, 11) is 3.47. The maximum Gasteiger partial charge on any atom is 0.355 e. The molecule has 1 aliphatic rings. The fourth-order valence-electron chi connectivity index (χ4n) is 2.64. The molecule has 0 saturated carbocycles. The van der Waals surface area contributed by atoms with Gasteiger partial charge in [-0.3, -0.25) is 4.40 Å². The van der Waals surface area contributed by atoms with Crippen LogP contribution in [0.2, 0.25) is 0 Å². The van der Waals surface area contributed by atoms with Crippen LogP contribution in [0.25, 0.3) is 5.65 Å². The lowest BCUT2D eigenvalue weighted by molar-refractivity contribution is 0.0592. The molecular weight excluding hydrogens is 244 g/mol. The molecule has 1 saturated heterocycles. The molecule has 0 bridgehead atoms. The molecule has 0 aromatic carbocycles. The highest BCUT2D eigenvalue weighted by Crippen LogP contribution is 2.26. The number of rotatable bonds is 2. The molecule has 3 heterocycles. The van der Waals surface area contributed by atoms with E-state index in [4.69, 9.17) is 4.74 Å². The minimum absolute atomic E-state index is 0.311. The summed E-state index contributed by atoms with van der Waals surface area (Å²) in [5.74, 6) is 0.796. The topological polar surface area (TPSA) is 59.7 Å². The largest absolute Gasteiger partial charge is 0.464 e. The lowest BCUT2D eigenvalue weighted by Crippen LogP contribution is -2.16. The number of likely N-dealkylation sites (tertiary alicyclic amines) is 1. The lowest BCUT2D eigenvalue weighted by Gasteiger charge is -2.10. The number of ether oxygens (including phenoxy) is 1. The number of pyridine rings is 1. The fraction of sp³-hybridized carbons (Fsp3) is 0.462. The molecule has 100 valence electrons. The second-order valence-electron chi connectivity index (χ2n) is 4.90. The molecule has 2 aromatic rings. The van der Waals surface area contributed by atoms with Crippen LogP contribution in [0.15, 0.2) is 18.2 Å². The van der Waals surface area contributed by atoms with Crippen molar-refractivity contribution in [1.82, 2.24) is 19.5 Å². The van der Waals surface area contributed by atoms with E-state index in [0.717, 1.165) is 25.3 Å². The van der Waals surface area contributed by atoms with Gasteiger partial charge in [0.25, 0.3) is 0 Å². The highest BCUT2D eigenvalue weighted by atomic mass is 16.5. The van der Waals surface area contributed by atoms with Gasteiger partial charge < -0.3 is 9.64 Å². The maximum atomic E-state index is 11.8. The van der Waals surface area contributed by atoms with Gasteiger partial charge >= 0.3 is 5.97 Å². The standard InChI is InChI=1S/C13H16N4O2/c1-16-7-6-9(8-16)12-15-14-11-5-3-4-10(17(11)12)13(18)19-2/h3-5,9H,6-8H2,1-2H3. The molecule has 0 radical (unpaired) electrons. The highest BCUT2D eigenvalue weighted by molar-refractivity contribution is 5.88. The molecule has 1 fully saturated rings. The SMILES string of the molecule is COC(=O)c1cccc2nnc(C3CCN(C)C3)n12. The van der Waals surface area contributed by atoms with Crippen LogP contribution in [0.5, 0.6) is 0 Å². The zero-order valence-electron chi connectivity index (χ0n) is 11.0. The lowest BCUT2D eigenvalue weighted by atomic mass is 10.1. The predicted octanol–water partition coefficient (Wildman–Crippen LogP) is 0.935. The van der Waals surface area contributed by atoms with E-state index in [0.29, 0.717) is 17.3 Å².